The number of fused-ring (bicyclic) bond motifs is 1. The molecule has 1 amide bonds. The maximum Gasteiger partial charge on any atom is 0.293 e. The van der Waals surface area contributed by atoms with Gasteiger partial charge < -0.3 is 24.8 Å². The van der Waals surface area contributed by atoms with Crippen molar-refractivity contribution in [2.75, 3.05) is 30.4 Å². The van der Waals surface area contributed by atoms with Crippen LogP contribution in [0, 0.1) is 12.8 Å². The third kappa shape index (κ3) is 4.83. The van der Waals surface area contributed by atoms with Crippen LogP contribution in [0.3, 0.4) is 0 Å². The number of carbonyl (C=O) groups is 1. The maximum absolute atomic E-state index is 12.7. The summed E-state index contributed by atoms with van der Waals surface area (Å²) in [5.41, 5.74) is 2.24. The van der Waals surface area contributed by atoms with Crippen molar-refractivity contribution in [2.24, 2.45) is 13.0 Å². The summed E-state index contributed by atoms with van der Waals surface area (Å²) >= 11 is 0. The lowest BCUT2D eigenvalue weighted by atomic mass is 10.00. The lowest BCUT2D eigenvalue weighted by molar-refractivity contribution is -0.126. The molecular weight excluding hydrogens is 432 g/mol. The predicted octanol–water partition coefficient (Wildman–Crippen LogP) is 3.13. The zero-order valence-electron chi connectivity index (χ0n) is 20.4. The Kier molecular flexibility index (Phi) is 6.72. The fraction of sp³-hybridized carbons (Fsp3) is 0.440. The summed E-state index contributed by atoms with van der Waals surface area (Å²) < 4.78 is 7.19. The molecule has 1 fully saturated rings. The van der Waals surface area contributed by atoms with Gasteiger partial charge in [-0.1, -0.05) is 6.92 Å². The van der Waals surface area contributed by atoms with Crippen molar-refractivity contribution in [1.82, 2.24) is 19.9 Å². The number of benzene rings is 1. The van der Waals surface area contributed by atoms with Crippen molar-refractivity contribution >= 4 is 34.3 Å². The van der Waals surface area contributed by atoms with E-state index in [0.717, 1.165) is 65.8 Å². The number of nitrogens with one attached hydrogen (secondary N) is 2. The number of amides is 1. The number of aryl methyl sites for hydroxylation is 2. The molecule has 9 heteroatoms. The second-order valence-electron chi connectivity index (χ2n) is 9.02. The van der Waals surface area contributed by atoms with E-state index >= 15 is 0 Å². The Morgan fingerprint density at radius 1 is 1.24 bits per heavy atom. The number of nitrogens with zero attached hydrogens (tertiary/aromatic N) is 4. The van der Waals surface area contributed by atoms with Gasteiger partial charge in [-0.15, -0.1) is 0 Å². The third-order valence-electron chi connectivity index (χ3n) is 6.40. The van der Waals surface area contributed by atoms with Gasteiger partial charge in [0.15, 0.2) is 11.9 Å². The second-order valence-corrected chi connectivity index (χ2v) is 9.02. The zero-order chi connectivity index (χ0) is 24.4. The Morgan fingerprint density at radius 3 is 2.68 bits per heavy atom. The molecule has 180 valence electrons. The molecular formula is C25H32N6O3. The van der Waals surface area contributed by atoms with Crippen LogP contribution in [0.4, 0.5) is 17.5 Å². The standard InChI is InChI=1S/C25H32N6O3/c1-15-8-10-31(11-9-15)25-27-14-16(2)22(29-25)28-19-6-7-20-18(12-19)13-21(24(33)30(20)5)34-17(3)23(32)26-4/h6-7,12-15,17H,8-11H2,1-5H3,(H,26,32)(H,27,28,29). The van der Waals surface area contributed by atoms with Crippen LogP contribution in [0.15, 0.2) is 35.3 Å². The molecule has 9 nitrogen and oxygen atoms in total. The molecule has 1 saturated heterocycles. The van der Waals surface area contributed by atoms with Crippen molar-refractivity contribution < 1.29 is 9.53 Å². The van der Waals surface area contributed by atoms with Crippen molar-refractivity contribution in [3.05, 3.63) is 46.4 Å². The molecule has 3 heterocycles. The summed E-state index contributed by atoms with van der Waals surface area (Å²) in [6.45, 7) is 7.79. The van der Waals surface area contributed by atoms with Crippen LogP contribution < -0.4 is 25.8 Å². The molecule has 3 aromatic rings. The van der Waals surface area contributed by atoms with Gasteiger partial charge in [0.2, 0.25) is 5.95 Å². The molecule has 2 N–H and O–H groups in total. The van der Waals surface area contributed by atoms with Gasteiger partial charge in [0, 0.05) is 50.0 Å². The lowest BCUT2D eigenvalue weighted by Gasteiger charge is -2.30. The zero-order valence-corrected chi connectivity index (χ0v) is 20.4. The first-order chi connectivity index (χ1) is 16.3. The average molecular weight is 465 g/mol. The van der Waals surface area contributed by atoms with Crippen LogP contribution >= 0.6 is 0 Å². The van der Waals surface area contributed by atoms with E-state index < -0.39 is 6.10 Å². The highest BCUT2D eigenvalue weighted by molar-refractivity contribution is 5.85. The largest absolute Gasteiger partial charge is 0.475 e. The smallest absolute Gasteiger partial charge is 0.293 e. The quantitative estimate of drug-likeness (QED) is 0.578. The van der Waals surface area contributed by atoms with Gasteiger partial charge in [-0.25, -0.2) is 4.98 Å². The van der Waals surface area contributed by atoms with E-state index in [1.807, 2.05) is 31.3 Å². The highest BCUT2D eigenvalue weighted by atomic mass is 16.5. The van der Waals surface area contributed by atoms with E-state index in [1.54, 1.807) is 20.0 Å². The van der Waals surface area contributed by atoms with Gasteiger partial charge in [-0.05, 0) is 56.9 Å². The molecule has 1 aliphatic rings. The number of ether oxygens (including phenoxy) is 1. The fourth-order valence-electron chi connectivity index (χ4n) is 4.12. The molecule has 0 bridgehead atoms. The molecule has 1 aliphatic heterocycles. The molecule has 4 rings (SSSR count). The molecule has 34 heavy (non-hydrogen) atoms. The Bertz CT molecular complexity index is 1260. The lowest BCUT2D eigenvalue weighted by Crippen LogP contribution is -2.35. The predicted molar refractivity (Wildman–Crippen MR) is 134 cm³/mol. The third-order valence-corrected chi connectivity index (χ3v) is 6.40. The van der Waals surface area contributed by atoms with Gasteiger partial charge in [0.1, 0.15) is 5.82 Å². The monoisotopic (exact) mass is 464 g/mol. The number of rotatable bonds is 6. The first-order valence-electron chi connectivity index (χ1n) is 11.6. The van der Waals surface area contributed by atoms with Gasteiger partial charge in [0.05, 0.1) is 5.52 Å². The minimum Gasteiger partial charge on any atom is -0.475 e. The molecule has 0 radical (unpaired) electrons. The fourth-order valence-corrected chi connectivity index (χ4v) is 4.12. The molecule has 0 saturated carbocycles. The van der Waals surface area contributed by atoms with E-state index in [2.05, 4.69) is 27.4 Å². The Labute approximate surface area is 199 Å². The molecule has 1 aromatic carbocycles. The molecule has 1 unspecified atom stereocenters. The van der Waals surface area contributed by atoms with E-state index in [4.69, 9.17) is 9.72 Å². The number of aromatic nitrogens is 3. The first kappa shape index (κ1) is 23.5. The van der Waals surface area contributed by atoms with Crippen LogP contribution in [0.2, 0.25) is 0 Å². The van der Waals surface area contributed by atoms with Crippen LogP contribution in [0.5, 0.6) is 5.75 Å². The summed E-state index contributed by atoms with van der Waals surface area (Å²) in [5.74, 6) is 2.06. The maximum atomic E-state index is 12.7. The number of carbonyl (C=O) groups excluding carboxylic acids is 1. The van der Waals surface area contributed by atoms with E-state index in [9.17, 15) is 9.59 Å². The highest BCUT2D eigenvalue weighted by Crippen LogP contribution is 2.27. The van der Waals surface area contributed by atoms with Gasteiger partial charge >= 0.3 is 0 Å². The Hall–Kier alpha value is -3.62. The summed E-state index contributed by atoms with van der Waals surface area (Å²) in [7, 11) is 3.22. The molecule has 0 spiro atoms. The molecule has 1 atom stereocenters. The number of anilines is 3. The topological polar surface area (TPSA) is 101 Å². The first-order valence-corrected chi connectivity index (χ1v) is 11.6. The summed E-state index contributed by atoms with van der Waals surface area (Å²) in [5, 5.41) is 6.74. The molecule has 2 aromatic heterocycles. The van der Waals surface area contributed by atoms with Crippen LogP contribution in [0.25, 0.3) is 10.9 Å². The van der Waals surface area contributed by atoms with Gasteiger partial charge in [-0.3, -0.25) is 9.59 Å². The van der Waals surface area contributed by atoms with E-state index in [-0.39, 0.29) is 17.2 Å². The number of piperidine rings is 1. The number of hydrogen-bond acceptors (Lipinski definition) is 7. The highest BCUT2D eigenvalue weighted by Gasteiger charge is 2.19. The Morgan fingerprint density at radius 2 is 1.97 bits per heavy atom. The summed E-state index contributed by atoms with van der Waals surface area (Å²) in [6, 6.07) is 7.42. The molecule has 0 aliphatic carbocycles. The number of likely N-dealkylation sites (N-methyl/N-ethyl adjacent to an activating group) is 1. The Balaban J connectivity index is 1.63. The minimum atomic E-state index is -0.781. The van der Waals surface area contributed by atoms with Crippen LogP contribution in [-0.2, 0) is 11.8 Å². The van der Waals surface area contributed by atoms with Gasteiger partial charge in [0.25, 0.3) is 11.5 Å². The van der Waals surface area contributed by atoms with E-state index in [0.29, 0.717) is 0 Å². The summed E-state index contributed by atoms with van der Waals surface area (Å²) in [4.78, 5) is 36.2. The second kappa shape index (κ2) is 9.70. The summed E-state index contributed by atoms with van der Waals surface area (Å²) in [6.07, 6.45) is 3.36. The van der Waals surface area contributed by atoms with Crippen molar-refractivity contribution in [1.29, 1.82) is 0 Å². The van der Waals surface area contributed by atoms with Gasteiger partial charge in [-0.2, -0.15) is 4.98 Å². The van der Waals surface area contributed by atoms with Crippen LogP contribution in [0.1, 0.15) is 32.3 Å². The number of pyridine rings is 1. The van der Waals surface area contributed by atoms with Crippen molar-refractivity contribution in [2.45, 2.75) is 39.7 Å². The minimum absolute atomic E-state index is 0.128. The normalized spacial score (nSPS) is 15.3. The SMILES string of the molecule is CNC(=O)C(C)Oc1cc2cc(Nc3nc(N4CCC(C)CC4)ncc3C)ccc2n(C)c1=O. The van der Waals surface area contributed by atoms with E-state index in [1.165, 1.54) is 11.6 Å². The van der Waals surface area contributed by atoms with Crippen molar-refractivity contribution in [3.8, 4) is 5.75 Å². The average Bonchev–Trinajstić information content (AvgIpc) is 2.83. The number of hydrogen-bond donors (Lipinski definition) is 2. The van der Waals surface area contributed by atoms with Crippen molar-refractivity contribution in [3.63, 3.8) is 0 Å². The van der Waals surface area contributed by atoms with Crippen LogP contribution in [-0.4, -0.2) is 46.7 Å².